The summed E-state index contributed by atoms with van der Waals surface area (Å²) in [4.78, 5) is 8.52. The standard InChI is InChI=1S/C14H12BrClF2N2/c1-2-3-11-13(15)14(16)20-12(19-11)6-8-4-9(17)7-10(18)5-8/h4-5,7H,2-3,6H2,1H3. The molecule has 0 saturated carbocycles. The van der Waals surface area contributed by atoms with E-state index in [4.69, 9.17) is 11.6 Å². The van der Waals surface area contributed by atoms with Gasteiger partial charge in [-0.3, -0.25) is 0 Å². The Morgan fingerprint density at radius 1 is 1.15 bits per heavy atom. The van der Waals surface area contributed by atoms with Crippen molar-refractivity contribution in [1.82, 2.24) is 9.97 Å². The molecule has 0 bridgehead atoms. The molecular weight excluding hydrogens is 350 g/mol. The molecule has 0 N–H and O–H groups in total. The predicted octanol–water partition coefficient (Wildman–Crippen LogP) is 4.71. The second-order valence-electron chi connectivity index (χ2n) is 4.40. The van der Waals surface area contributed by atoms with Crippen molar-refractivity contribution in [3.63, 3.8) is 0 Å². The van der Waals surface area contributed by atoms with Crippen LogP contribution in [0.1, 0.15) is 30.4 Å². The number of nitrogens with zero attached hydrogens (tertiary/aromatic N) is 2. The Labute approximate surface area is 129 Å². The molecule has 2 rings (SSSR count). The third-order valence-electron chi connectivity index (χ3n) is 2.70. The van der Waals surface area contributed by atoms with Crippen molar-refractivity contribution in [1.29, 1.82) is 0 Å². The summed E-state index contributed by atoms with van der Waals surface area (Å²) < 4.78 is 27.0. The van der Waals surface area contributed by atoms with Gasteiger partial charge in [0.15, 0.2) is 0 Å². The Hall–Kier alpha value is -1.07. The van der Waals surface area contributed by atoms with Crippen LogP contribution >= 0.6 is 27.5 Å². The van der Waals surface area contributed by atoms with Crippen LogP contribution < -0.4 is 0 Å². The van der Waals surface area contributed by atoms with Gasteiger partial charge in [0.1, 0.15) is 22.6 Å². The highest BCUT2D eigenvalue weighted by Gasteiger charge is 2.11. The third kappa shape index (κ3) is 3.73. The summed E-state index contributed by atoms with van der Waals surface area (Å²) in [7, 11) is 0. The first kappa shape index (κ1) is 15.3. The van der Waals surface area contributed by atoms with E-state index in [0.29, 0.717) is 21.0 Å². The summed E-state index contributed by atoms with van der Waals surface area (Å²) >= 11 is 9.38. The molecule has 2 aromatic rings. The SMILES string of the molecule is CCCc1nc(Cc2cc(F)cc(F)c2)nc(Cl)c1Br. The van der Waals surface area contributed by atoms with Crippen LogP contribution in [0.5, 0.6) is 0 Å². The van der Waals surface area contributed by atoms with Gasteiger partial charge in [0, 0.05) is 12.5 Å². The van der Waals surface area contributed by atoms with Gasteiger partial charge in [0.05, 0.1) is 10.2 Å². The van der Waals surface area contributed by atoms with E-state index in [9.17, 15) is 8.78 Å². The van der Waals surface area contributed by atoms with E-state index < -0.39 is 11.6 Å². The Morgan fingerprint density at radius 2 is 1.80 bits per heavy atom. The maximum Gasteiger partial charge on any atom is 0.147 e. The van der Waals surface area contributed by atoms with Crippen molar-refractivity contribution in [3.05, 3.63) is 56.5 Å². The minimum absolute atomic E-state index is 0.235. The van der Waals surface area contributed by atoms with E-state index in [1.807, 2.05) is 6.92 Å². The molecule has 20 heavy (non-hydrogen) atoms. The van der Waals surface area contributed by atoms with E-state index in [1.54, 1.807) is 0 Å². The fraction of sp³-hybridized carbons (Fsp3) is 0.286. The normalized spacial score (nSPS) is 10.8. The van der Waals surface area contributed by atoms with Gasteiger partial charge in [-0.15, -0.1) is 0 Å². The van der Waals surface area contributed by atoms with Crippen molar-refractivity contribution in [2.75, 3.05) is 0 Å². The highest BCUT2D eigenvalue weighted by atomic mass is 79.9. The quantitative estimate of drug-likeness (QED) is 0.737. The Balaban J connectivity index is 2.33. The van der Waals surface area contributed by atoms with Gasteiger partial charge in [-0.05, 0) is 40.0 Å². The zero-order valence-electron chi connectivity index (χ0n) is 10.8. The second-order valence-corrected chi connectivity index (χ2v) is 5.55. The van der Waals surface area contributed by atoms with E-state index in [2.05, 4.69) is 25.9 Å². The fourth-order valence-electron chi connectivity index (χ4n) is 1.89. The molecular formula is C14H12BrClF2N2. The summed E-state index contributed by atoms with van der Waals surface area (Å²) in [5, 5.41) is 0.315. The minimum atomic E-state index is -0.614. The van der Waals surface area contributed by atoms with E-state index >= 15 is 0 Å². The molecule has 2 nitrogen and oxygen atoms in total. The van der Waals surface area contributed by atoms with Crippen LogP contribution in [0.25, 0.3) is 0 Å². The lowest BCUT2D eigenvalue weighted by molar-refractivity contribution is 0.580. The highest BCUT2D eigenvalue weighted by molar-refractivity contribution is 9.10. The van der Waals surface area contributed by atoms with Crippen molar-refractivity contribution >= 4 is 27.5 Å². The average molecular weight is 362 g/mol. The lowest BCUT2D eigenvalue weighted by atomic mass is 10.1. The topological polar surface area (TPSA) is 25.8 Å². The summed E-state index contributed by atoms with van der Waals surface area (Å²) in [5.41, 5.74) is 1.28. The molecule has 0 aliphatic rings. The maximum absolute atomic E-state index is 13.2. The van der Waals surface area contributed by atoms with Gasteiger partial charge in [-0.25, -0.2) is 18.7 Å². The number of hydrogen-bond acceptors (Lipinski definition) is 2. The number of hydrogen-bond donors (Lipinski definition) is 0. The Morgan fingerprint density at radius 3 is 2.40 bits per heavy atom. The summed E-state index contributed by atoms with van der Waals surface area (Å²) in [5.74, 6) is -0.777. The monoisotopic (exact) mass is 360 g/mol. The number of aryl methyl sites for hydroxylation is 1. The summed E-state index contributed by atoms with van der Waals surface area (Å²) in [6.45, 7) is 2.03. The fourth-order valence-corrected chi connectivity index (χ4v) is 2.47. The van der Waals surface area contributed by atoms with Crippen LogP contribution in [0.4, 0.5) is 8.78 Å². The third-order valence-corrected chi connectivity index (χ3v) is 4.03. The molecule has 0 spiro atoms. The first-order valence-electron chi connectivity index (χ1n) is 6.15. The smallest absolute Gasteiger partial charge is 0.147 e. The zero-order chi connectivity index (χ0) is 14.7. The van der Waals surface area contributed by atoms with Crippen LogP contribution in [0.15, 0.2) is 22.7 Å². The molecule has 0 radical (unpaired) electrons. The molecule has 0 unspecified atom stereocenters. The van der Waals surface area contributed by atoms with Crippen LogP contribution in [-0.4, -0.2) is 9.97 Å². The first-order valence-corrected chi connectivity index (χ1v) is 7.32. The molecule has 106 valence electrons. The van der Waals surface area contributed by atoms with Gasteiger partial charge < -0.3 is 0 Å². The molecule has 1 heterocycles. The van der Waals surface area contributed by atoms with Gasteiger partial charge in [0.2, 0.25) is 0 Å². The van der Waals surface area contributed by atoms with Gasteiger partial charge in [0.25, 0.3) is 0 Å². The Kier molecular flexibility index (Phi) is 5.05. The number of rotatable bonds is 4. The number of benzene rings is 1. The van der Waals surface area contributed by atoms with Gasteiger partial charge >= 0.3 is 0 Å². The molecule has 1 aromatic heterocycles. The van der Waals surface area contributed by atoms with Gasteiger partial charge in [-0.1, -0.05) is 24.9 Å². The molecule has 0 saturated heterocycles. The van der Waals surface area contributed by atoms with Crippen LogP contribution in [-0.2, 0) is 12.8 Å². The van der Waals surface area contributed by atoms with Gasteiger partial charge in [-0.2, -0.15) is 0 Å². The van der Waals surface area contributed by atoms with Crippen molar-refractivity contribution in [2.24, 2.45) is 0 Å². The van der Waals surface area contributed by atoms with Crippen LogP contribution in [0, 0.1) is 11.6 Å². The molecule has 0 aliphatic heterocycles. The molecule has 0 atom stereocenters. The second kappa shape index (κ2) is 6.59. The summed E-state index contributed by atoms with van der Waals surface area (Å²) in [6.07, 6.45) is 1.91. The van der Waals surface area contributed by atoms with Crippen molar-refractivity contribution in [3.8, 4) is 0 Å². The molecule has 1 aromatic carbocycles. The first-order chi connectivity index (χ1) is 9.49. The van der Waals surface area contributed by atoms with Crippen molar-refractivity contribution < 1.29 is 8.78 Å². The average Bonchev–Trinajstić information content (AvgIpc) is 2.34. The predicted molar refractivity (Wildman–Crippen MR) is 77.9 cm³/mol. The minimum Gasteiger partial charge on any atom is -0.236 e. The lowest BCUT2D eigenvalue weighted by Gasteiger charge is -2.08. The number of aromatic nitrogens is 2. The molecule has 0 fully saturated rings. The molecule has 0 amide bonds. The van der Waals surface area contributed by atoms with E-state index in [-0.39, 0.29) is 6.42 Å². The highest BCUT2D eigenvalue weighted by Crippen LogP contribution is 2.25. The molecule has 6 heteroatoms. The van der Waals surface area contributed by atoms with E-state index in [0.717, 1.165) is 24.6 Å². The molecule has 0 aliphatic carbocycles. The number of halogens is 4. The summed E-state index contributed by atoms with van der Waals surface area (Å²) in [6, 6.07) is 3.37. The van der Waals surface area contributed by atoms with Crippen LogP contribution in [0.2, 0.25) is 5.15 Å². The van der Waals surface area contributed by atoms with Crippen molar-refractivity contribution in [2.45, 2.75) is 26.2 Å². The maximum atomic E-state index is 13.2. The lowest BCUT2D eigenvalue weighted by Crippen LogP contribution is -2.03. The largest absolute Gasteiger partial charge is 0.236 e. The zero-order valence-corrected chi connectivity index (χ0v) is 13.1. The van der Waals surface area contributed by atoms with Crippen LogP contribution in [0.3, 0.4) is 0 Å². The van der Waals surface area contributed by atoms with E-state index in [1.165, 1.54) is 12.1 Å². The Bertz CT molecular complexity index is 615.